The van der Waals surface area contributed by atoms with Gasteiger partial charge in [-0.3, -0.25) is 9.59 Å². The summed E-state index contributed by atoms with van der Waals surface area (Å²) in [6, 6.07) is 10.7. The number of nitrogens with zero attached hydrogens (tertiary/aromatic N) is 1. The Balaban J connectivity index is 1.47. The summed E-state index contributed by atoms with van der Waals surface area (Å²) in [7, 11) is 1.61. The van der Waals surface area contributed by atoms with E-state index in [2.05, 4.69) is 36.0 Å². The third-order valence-corrected chi connectivity index (χ3v) is 9.12. The van der Waals surface area contributed by atoms with Crippen molar-refractivity contribution >= 4 is 35.7 Å². The van der Waals surface area contributed by atoms with Gasteiger partial charge in [0.05, 0.1) is 6.61 Å². The molecule has 1 aliphatic heterocycles. The van der Waals surface area contributed by atoms with Crippen molar-refractivity contribution in [2.24, 2.45) is 11.8 Å². The summed E-state index contributed by atoms with van der Waals surface area (Å²) in [5.41, 5.74) is 2.20. The molecule has 0 spiro atoms. The predicted octanol–water partition coefficient (Wildman–Crippen LogP) is 5.54. The summed E-state index contributed by atoms with van der Waals surface area (Å²) in [6.45, 7) is 9.16. The molecule has 4 rings (SSSR count). The molecule has 8 heteroatoms. The minimum absolute atomic E-state index is 0.0767. The maximum Gasteiger partial charge on any atom is 0.316 e. The molecular formula is C33H40F2N2O3S. The van der Waals surface area contributed by atoms with Crippen molar-refractivity contribution in [1.29, 1.82) is 0 Å². The van der Waals surface area contributed by atoms with Crippen LogP contribution in [0.4, 0.5) is 8.78 Å². The average molecular weight is 583 g/mol. The van der Waals surface area contributed by atoms with Crippen molar-refractivity contribution in [3.8, 4) is 0 Å². The third kappa shape index (κ3) is 7.86. The Kier molecular flexibility index (Phi) is 10.4. The van der Waals surface area contributed by atoms with E-state index in [1.54, 1.807) is 31.4 Å². The van der Waals surface area contributed by atoms with Gasteiger partial charge in [-0.1, -0.05) is 37.3 Å². The van der Waals surface area contributed by atoms with E-state index in [0.717, 1.165) is 54.6 Å². The largest absolute Gasteiger partial charge is 0.383 e. The smallest absolute Gasteiger partial charge is 0.316 e. The van der Waals surface area contributed by atoms with Gasteiger partial charge in [0, 0.05) is 59.6 Å². The number of halogens is 2. The number of hydrogen-bond donors (Lipinski definition) is 1. The number of thioether (sulfide) groups is 1. The lowest BCUT2D eigenvalue weighted by Crippen LogP contribution is -2.38. The lowest BCUT2D eigenvalue weighted by atomic mass is 9.77. The van der Waals surface area contributed by atoms with E-state index in [-0.39, 0.29) is 23.7 Å². The van der Waals surface area contributed by atoms with Gasteiger partial charge >= 0.3 is 5.25 Å². The monoisotopic (exact) mass is 582 g/mol. The molecule has 1 saturated carbocycles. The molecule has 1 fully saturated rings. The molecule has 3 unspecified atom stereocenters. The van der Waals surface area contributed by atoms with E-state index >= 15 is 0 Å². The molecule has 1 aliphatic carbocycles. The van der Waals surface area contributed by atoms with Crippen LogP contribution in [0.1, 0.15) is 65.3 Å². The highest BCUT2D eigenvalue weighted by Gasteiger charge is 2.30. The molecule has 0 aromatic heterocycles. The molecule has 0 radical (unpaired) electrons. The van der Waals surface area contributed by atoms with Crippen LogP contribution in [0.5, 0.6) is 0 Å². The molecule has 3 atom stereocenters. The predicted molar refractivity (Wildman–Crippen MR) is 162 cm³/mol. The second-order valence-corrected chi connectivity index (χ2v) is 12.3. The number of carbonyl (C=O) groups excluding carboxylic acids is 2. The minimum Gasteiger partial charge on any atom is -0.383 e. The SMILES string of the molecule is C=CC(F)(F)Sc1ccc(C(=O)C2CCCC(CN3C=c4c(C)c(C(=O)NCCOC)ccc4=CCC3C)C2)cc1. The quantitative estimate of drug-likeness (QED) is 0.163. The Morgan fingerprint density at radius 3 is 2.66 bits per heavy atom. The van der Waals surface area contributed by atoms with Gasteiger partial charge in [0.2, 0.25) is 0 Å². The highest BCUT2D eigenvalue weighted by atomic mass is 32.2. The Morgan fingerprint density at radius 1 is 1.20 bits per heavy atom. The summed E-state index contributed by atoms with van der Waals surface area (Å²) in [5.74, 6) is 0.273. The topological polar surface area (TPSA) is 58.6 Å². The Bertz CT molecular complexity index is 1380. The number of methoxy groups -OCH3 is 1. The standard InChI is InChI=1S/C33H40F2N2O3S/c1-5-33(34,35)41-28-14-11-26(12-15-28)31(38)27-8-6-7-24(19-27)20-37-21-30-23(3)29(32(39)36-17-18-40-4)16-13-25(30)10-9-22(37)2/h5,10-16,21-22,24,27H,1,6-9,17-20H2,2-4H3,(H,36,39). The van der Waals surface area contributed by atoms with Crippen LogP contribution in [0.25, 0.3) is 12.3 Å². The van der Waals surface area contributed by atoms with E-state index in [9.17, 15) is 18.4 Å². The zero-order valence-corrected chi connectivity index (χ0v) is 24.9. The van der Waals surface area contributed by atoms with Crippen molar-refractivity contribution in [3.05, 3.63) is 76.2 Å². The van der Waals surface area contributed by atoms with Gasteiger partial charge in [0.15, 0.2) is 5.78 Å². The molecule has 1 N–H and O–H groups in total. The molecule has 5 nitrogen and oxygen atoms in total. The Morgan fingerprint density at radius 2 is 1.95 bits per heavy atom. The molecule has 1 heterocycles. The molecule has 41 heavy (non-hydrogen) atoms. The van der Waals surface area contributed by atoms with Crippen LogP contribution >= 0.6 is 11.8 Å². The number of alkyl halides is 2. The average Bonchev–Trinajstić information content (AvgIpc) is 3.12. The second-order valence-electron chi connectivity index (χ2n) is 11.1. The van der Waals surface area contributed by atoms with Gasteiger partial charge in [-0.05, 0) is 92.3 Å². The number of carbonyl (C=O) groups is 2. The summed E-state index contributed by atoms with van der Waals surface area (Å²) in [6.07, 6.45) is 9.66. The van der Waals surface area contributed by atoms with Crippen LogP contribution in [0.15, 0.2) is 53.9 Å². The first kappa shape index (κ1) is 31.0. The number of rotatable bonds is 11. The number of ketones is 1. The summed E-state index contributed by atoms with van der Waals surface area (Å²) < 4.78 is 32.3. The maximum atomic E-state index is 13.6. The lowest BCUT2D eigenvalue weighted by molar-refractivity contribution is 0.0849. The number of nitrogens with one attached hydrogen (secondary N) is 1. The normalized spacial score (nSPS) is 20.7. The molecule has 2 aromatic carbocycles. The number of fused-ring (bicyclic) bond motifs is 1. The second kappa shape index (κ2) is 13.8. The first-order valence-corrected chi connectivity index (χ1v) is 15.1. The Labute approximate surface area is 245 Å². The van der Waals surface area contributed by atoms with Crippen LogP contribution < -0.4 is 15.8 Å². The van der Waals surface area contributed by atoms with Crippen LogP contribution in [0.2, 0.25) is 0 Å². The zero-order chi connectivity index (χ0) is 29.6. The third-order valence-electron chi connectivity index (χ3n) is 8.18. The number of hydrogen-bond acceptors (Lipinski definition) is 5. The first-order chi connectivity index (χ1) is 19.6. The van der Waals surface area contributed by atoms with Crippen LogP contribution in [-0.2, 0) is 4.74 Å². The number of benzene rings is 2. The van der Waals surface area contributed by atoms with Gasteiger partial charge in [-0.25, -0.2) is 0 Å². The van der Waals surface area contributed by atoms with Gasteiger partial charge < -0.3 is 15.0 Å². The molecule has 0 saturated heterocycles. The van der Waals surface area contributed by atoms with Crippen LogP contribution in [0.3, 0.4) is 0 Å². The lowest BCUT2D eigenvalue weighted by Gasteiger charge is -2.35. The van der Waals surface area contributed by atoms with E-state index in [1.807, 2.05) is 19.1 Å². The van der Waals surface area contributed by atoms with E-state index in [4.69, 9.17) is 4.74 Å². The van der Waals surface area contributed by atoms with Crippen molar-refractivity contribution < 1.29 is 23.1 Å². The van der Waals surface area contributed by atoms with Gasteiger partial charge in [0.25, 0.3) is 5.91 Å². The summed E-state index contributed by atoms with van der Waals surface area (Å²) >= 11 is 0.425. The minimum atomic E-state index is -3.04. The molecule has 2 aromatic rings. The van der Waals surface area contributed by atoms with Gasteiger partial charge in [-0.15, -0.1) is 0 Å². The van der Waals surface area contributed by atoms with Gasteiger partial charge in [0.1, 0.15) is 0 Å². The summed E-state index contributed by atoms with van der Waals surface area (Å²) in [4.78, 5) is 29.0. The van der Waals surface area contributed by atoms with Crippen molar-refractivity contribution in [1.82, 2.24) is 10.2 Å². The van der Waals surface area contributed by atoms with E-state index in [0.29, 0.717) is 52.9 Å². The molecular weight excluding hydrogens is 542 g/mol. The fourth-order valence-corrected chi connectivity index (χ4v) is 6.45. The van der Waals surface area contributed by atoms with Gasteiger partial charge in [-0.2, -0.15) is 8.78 Å². The Hall–Kier alpha value is -2.97. The highest BCUT2D eigenvalue weighted by molar-refractivity contribution is 8.00. The fourth-order valence-electron chi connectivity index (χ4n) is 5.78. The first-order valence-electron chi connectivity index (χ1n) is 14.3. The molecule has 2 aliphatic rings. The number of amides is 1. The van der Waals surface area contributed by atoms with E-state index < -0.39 is 5.25 Å². The zero-order valence-electron chi connectivity index (χ0n) is 24.1. The molecule has 1 amide bonds. The van der Waals surface area contributed by atoms with Crippen molar-refractivity contribution in [3.63, 3.8) is 0 Å². The molecule has 0 bridgehead atoms. The van der Waals surface area contributed by atoms with E-state index in [1.165, 1.54) is 0 Å². The van der Waals surface area contributed by atoms with Crippen molar-refractivity contribution in [2.45, 2.75) is 62.1 Å². The van der Waals surface area contributed by atoms with Crippen LogP contribution in [0, 0.1) is 18.8 Å². The maximum absolute atomic E-state index is 13.6. The number of Topliss-reactive ketones (excluding diaryl/α,β-unsaturated/α-hetero) is 1. The fraction of sp³-hybridized carbons (Fsp3) is 0.455. The number of ether oxygens (including phenoxy) is 1. The molecule has 220 valence electrons. The van der Waals surface area contributed by atoms with Crippen molar-refractivity contribution in [2.75, 3.05) is 26.8 Å². The summed E-state index contributed by atoms with van der Waals surface area (Å²) in [5, 5.41) is 2.08. The highest BCUT2D eigenvalue weighted by Crippen LogP contribution is 2.37. The van der Waals surface area contributed by atoms with Crippen LogP contribution in [-0.4, -0.2) is 54.7 Å².